The molecule has 6 nitrogen and oxygen atoms in total. The number of para-hydroxylation sites is 1. The van der Waals surface area contributed by atoms with Crippen LogP contribution in [0.4, 0.5) is 5.82 Å². The summed E-state index contributed by atoms with van der Waals surface area (Å²) < 4.78 is 1.87. The standard InChI is InChI=1S/C21H20N6/c1-15-16(2)24-21(17-7-6-11-22-13-17)25-20(15)23-14-18-10-12-27(26-18)19-8-4-3-5-9-19/h3-13H,14H2,1-2H3,(H,23,24,25). The van der Waals surface area contributed by atoms with Gasteiger partial charge in [-0.15, -0.1) is 0 Å². The minimum absolute atomic E-state index is 0.587. The van der Waals surface area contributed by atoms with Crippen molar-refractivity contribution in [2.45, 2.75) is 20.4 Å². The van der Waals surface area contributed by atoms with Gasteiger partial charge in [0.15, 0.2) is 5.82 Å². The van der Waals surface area contributed by atoms with E-state index in [1.54, 1.807) is 12.4 Å². The van der Waals surface area contributed by atoms with Crippen LogP contribution in [0.1, 0.15) is 17.0 Å². The van der Waals surface area contributed by atoms with Crippen molar-refractivity contribution in [2.75, 3.05) is 5.32 Å². The minimum Gasteiger partial charge on any atom is -0.364 e. The van der Waals surface area contributed by atoms with Crippen molar-refractivity contribution in [1.29, 1.82) is 0 Å². The second-order valence-corrected chi connectivity index (χ2v) is 6.29. The molecular formula is C21H20N6. The Balaban J connectivity index is 1.55. The highest BCUT2D eigenvalue weighted by Gasteiger charge is 2.10. The van der Waals surface area contributed by atoms with Gasteiger partial charge in [-0.3, -0.25) is 4.98 Å². The Labute approximate surface area is 158 Å². The Hall–Kier alpha value is -3.54. The molecule has 6 heteroatoms. The summed E-state index contributed by atoms with van der Waals surface area (Å²) in [5.74, 6) is 1.49. The minimum atomic E-state index is 0.587. The monoisotopic (exact) mass is 356 g/mol. The number of aromatic nitrogens is 5. The number of nitrogens with zero attached hydrogens (tertiary/aromatic N) is 5. The number of anilines is 1. The van der Waals surface area contributed by atoms with Gasteiger partial charge in [0.05, 0.1) is 17.9 Å². The van der Waals surface area contributed by atoms with Crippen molar-refractivity contribution in [1.82, 2.24) is 24.7 Å². The number of benzene rings is 1. The molecule has 1 aromatic carbocycles. The molecule has 0 saturated heterocycles. The zero-order valence-corrected chi connectivity index (χ0v) is 15.3. The predicted molar refractivity (Wildman–Crippen MR) is 106 cm³/mol. The Morgan fingerprint density at radius 2 is 1.81 bits per heavy atom. The highest BCUT2D eigenvalue weighted by atomic mass is 15.3. The van der Waals surface area contributed by atoms with Crippen LogP contribution in [0.3, 0.4) is 0 Å². The molecule has 0 unspecified atom stereocenters. The molecule has 0 bridgehead atoms. The summed E-state index contributed by atoms with van der Waals surface area (Å²) in [4.78, 5) is 13.4. The van der Waals surface area contributed by atoms with Gasteiger partial charge in [-0.1, -0.05) is 18.2 Å². The fraction of sp³-hybridized carbons (Fsp3) is 0.143. The van der Waals surface area contributed by atoms with Gasteiger partial charge < -0.3 is 5.32 Å². The lowest BCUT2D eigenvalue weighted by molar-refractivity contribution is 0.842. The quantitative estimate of drug-likeness (QED) is 0.586. The molecule has 0 fully saturated rings. The number of nitrogens with one attached hydrogen (secondary N) is 1. The van der Waals surface area contributed by atoms with E-state index in [-0.39, 0.29) is 0 Å². The molecule has 0 amide bonds. The van der Waals surface area contributed by atoms with Crippen LogP contribution in [0.5, 0.6) is 0 Å². The zero-order valence-electron chi connectivity index (χ0n) is 15.3. The molecule has 0 aliphatic heterocycles. The first-order valence-electron chi connectivity index (χ1n) is 8.80. The summed E-state index contributed by atoms with van der Waals surface area (Å²) in [5, 5.41) is 8.03. The van der Waals surface area contributed by atoms with Gasteiger partial charge in [-0.05, 0) is 44.2 Å². The van der Waals surface area contributed by atoms with Gasteiger partial charge in [0.1, 0.15) is 5.82 Å². The maximum atomic E-state index is 4.69. The summed E-state index contributed by atoms with van der Waals surface area (Å²) in [5.41, 5.74) is 4.86. The van der Waals surface area contributed by atoms with Crippen molar-refractivity contribution >= 4 is 5.82 Å². The zero-order chi connectivity index (χ0) is 18.6. The molecule has 1 N–H and O–H groups in total. The van der Waals surface area contributed by atoms with Crippen LogP contribution in [0.25, 0.3) is 17.1 Å². The van der Waals surface area contributed by atoms with E-state index in [0.29, 0.717) is 12.4 Å². The van der Waals surface area contributed by atoms with Gasteiger partial charge in [-0.2, -0.15) is 5.10 Å². The highest BCUT2D eigenvalue weighted by Crippen LogP contribution is 2.21. The summed E-state index contributed by atoms with van der Waals surface area (Å²) in [7, 11) is 0. The third-order valence-corrected chi connectivity index (χ3v) is 4.41. The normalized spacial score (nSPS) is 10.7. The fourth-order valence-corrected chi connectivity index (χ4v) is 2.78. The van der Waals surface area contributed by atoms with Crippen LogP contribution in [-0.2, 0) is 6.54 Å². The Kier molecular flexibility index (Phi) is 4.61. The lowest BCUT2D eigenvalue weighted by Gasteiger charge is -2.11. The molecule has 134 valence electrons. The molecule has 4 rings (SSSR count). The van der Waals surface area contributed by atoms with Gasteiger partial charge >= 0.3 is 0 Å². The van der Waals surface area contributed by atoms with E-state index in [1.165, 1.54) is 0 Å². The van der Waals surface area contributed by atoms with Crippen molar-refractivity contribution in [2.24, 2.45) is 0 Å². The molecule has 3 aromatic heterocycles. The van der Waals surface area contributed by atoms with Gasteiger partial charge in [0.2, 0.25) is 0 Å². The summed E-state index contributed by atoms with van der Waals surface area (Å²) in [6.45, 7) is 4.60. The third kappa shape index (κ3) is 3.69. The molecule has 27 heavy (non-hydrogen) atoms. The van der Waals surface area contributed by atoms with Crippen molar-refractivity contribution in [3.63, 3.8) is 0 Å². The summed E-state index contributed by atoms with van der Waals surface area (Å²) in [6, 6.07) is 15.9. The molecule has 0 atom stereocenters. The maximum Gasteiger partial charge on any atom is 0.163 e. The summed E-state index contributed by atoms with van der Waals surface area (Å²) in [6.07, 6.45) is 5.48. The van der Waals surface area contributed by atoms with Gasteiger partial charge in [0.25, 0.3) is 0 Å². The Morgan fingerprint density at radius 3 is 2.59 bits per heavy atom. The fourth-order valence-electron chi connectivity index (χ4n) is 2.78. The van der Waals surface area contributed by atoms with E-state index < -0.39 is 0 Å². The highest BCUT2D eigenvalue weighted by molar-refractivity contribution is 5.58. The van der Waals surface area contributed by atoms with Crippen LogP contribution < -0.4 is 5.32 Å². The van der Waals surface area contributed by atoms with Crippen LogP contribution in [0, 0.1) is 13.8 Å². The first-order chi connectivity index (χ1) is 13.2. The smallest absolute Gasteiger partial charge is 0.163 e. The number of hydrogen-bond donors (Lipinski definition) is 1. The van der Waals surface area contributed by atoms with Gasteiger partial charge in [0, 0.05) is 35.4 Å². The molecule has 0 aliphatic carbocycles. The van der Waals surface area contributed by atoms with Crippen LogP contribution >= 0.6 is 0 Å². The Bertz CT molecular complexity index is 1040. The SMILES string of the molecule is Cc1nc(-c2cccnc2)nc(NCc2ccn(-c3ccccc3)n2)c1C. The number of aryl methyl sites for hydroxylation is 1. The molecule has 4 aromatic rings. The second-order valence-electron chi connectivity index (χ2n) is 6.29. The van der Waals surface area contributed by atoms with E-state index in [1.807, 2.05) is 73.3 Å². The first kappa shape index (κ1) is 16.9. The topological polar surface area (TPSA) is 68.5 Å². The summed E-state index contributed by atoms with van der Waals surface area (Å²) >= 11 is 0. The number of pyridine rings is 1. The largest absolute Gasteiger partial charge is 0.364 e. The number of hydrogen-bond acceptors (Lipinski definition) is 5. The lowest BCUT2D eigenvalue weighted by Crippen LogP contribution is -2.08. The predicted octanol–water partition coefficient (Wildman–Crippen LogP) is 3.95. The Morgan fingerprint density at radius 1 is 0.963 bits per heavy atom. The van der Waals surface area contributed by atoms with Crippen LogP contribution in [-0.4, -0.2) is 24.7 Å². The molecule has 0 spiro atoms. The maximum absolute atomic E-state index is 4.69. The van der Waals surface area contributed by atoms with E-state index >= 15 is 0 Å². The van der Waals surface area contributed by atoms with E-state index in [4.69, 9.17) is 0 Å². The van der Waals surface area contributed by atoms with E-state index in [9.17, 15) is 0 Å². The molecule has 0 radical (unpaired) electrons. The molecule has 0 aliphatic rings. The second kappa shape index (κ2) is 7.37. The average Bonchev–Trinajstić information content (AvgIpc) is 3.19. The molecular weight excluding hydrogens is 336 g/mol. The first-order valence-corrected chi connectivity index (χ1v) is 8.80. The average molecular weight is 356 g/mol. The van der Waals surface area contributed by atoms with Crippen molar-refractivity contribution in [3.8, 4) is 17.1 Å². The van der Waals surface area contributed by atoms with E-state index in [2.05, 4.69) is 25.4 Å². The third-order valence-electron chi connectivity index (χ3n) is 4.41. The van der Waals surface area contributed by atoms with E-state index in [0.717, 1.165) is 34.0 Å². The van der Waals surface area contributed by atoms with Crippen molar-refractivity contribution in [3.05, 3.63) is 84.1 Å². The van der Waals surface area contributed by atoms with Crippen LogP contribution in [0.2, 0.25) is 0 Å². The molecule has 3 heterocycles. The lowest BCUT2D eigenvalue weighted by atomic mass is 10.2. The van der Waals surface area contributed by atoms with Crippen molar-refractivity contribution < 1.29 is 0 Å². The van der Waals surface area contributed by atoms with Gasteiger partial charge in [-0.25, -0.2) is 14.6 Å². The number of rotatable bonds is 5. The molecule has 0 saturated carbocycles. The van der Waals surface area contributed by atoms with Crippen LogP contribution in [0.15, 0.2) is 67.1 Å².